The van der Waals surface area contributed by atoms with E-state index in [1.807, 2.05) is 57.2 Å². The Bertz CT molecular complexity index is 1490. The van der Waals surface area contributed by atoms with Gasteiger partial charge < -0.3 is 19.4 Å². The molecule has 38 heavy (non-hydrogen) atoms. The summed E-state index contributed by atoms with van der Waals surface area (Å²) >= 11 is 0. The third-order valence-corrected chi connectivity index (χ3v) is 9.21. The molecule has 9 heteroatoms. The summed E-state index contributed by atoms with van der Waals surface area (Å²) in [6, 6.07) is 14.8. The Morgan fingerprint density at radius 3 is 2.50 bits per heavy atom. The number of para-hydroxylation sites is 1. The molecule has 2 aromatic carbocycles. The van der Waals surface area contributed by atoms with E-state index < -0.39 is 22.4 Å². The van der Waals surface area contributed by atoms with Crippen LogP contribution in [0, 0.1) is 10.8 Å². The number of anilines is 1. The summed E-state index contributed by atoms with van der Waals surface area (Å²) in [5, 5.41) is 0.595. The minimum Gasteiger partial charge on any atom is -0.446 e. The number of esters is 2. The molecule has 3 aromatic rings. The molecular weight excluding hydrogens is 484 g/mol. The summed E-state index contributed by atoms with van der Waals surface area (Å²) in [5.41, 5.74) is -1.03. The van der Waals surface area contributed by atoms with Gasteiger partial charge in [0.15, 0.2) is 0 Å². The van der Waals surface area contributed by atoms with Gasteiger partial charge in [-0.3, -0.25) is 14.5 Å². The van der Waals surface area contributed by atoms with Crippen molar-refractivity contribution in [1.82, 2.24) is 14.9 Å². The third kappa shape index (κ3) is 3.63. The number of ether oxygens (including phenoxy) is 2. The normalized spacial score (nSPS) is 26.5. The maximum atomic E-state index is 13.4. The average Bonchev–Trinajstić information content (AvgIpc) is 3.20. The number of aromatic amines is 1. The first-order valence-corrected chi connectivity index (χ1v) is 13.1. The Labute approximate surface area is 220 Å². The van der Waals surface area contributed by atoms with Gasteiger partial charge in [-0.2, -0.15) is 0 Å². The molecular formula is C29H32N4O5. The number of carbonyl (C=O) groups excluding carboxylic acids is 2. The lowest BCUT2D eigenvalue weighted by molar-refractivity contribution is -0.176. The molecule has 0 radical (unpaired) electrons. The summed E-state index contributed by atoms with van der Waals surface area (Å²) in [5.74, 6) is 0.278. The van der Waals surface area contributed by atoms with Crippen LogP contribution in [0.2, 0.25) is 0 Å². The zero-order valence-corrected chi connectivity index (χ0v) is 22.0. The highest BCUT2D eigenvalue weighted by molar-refractivity contribution is 5.94. The number of aromatic nitrogens is 2. The molecule has 1 aromatic heterocycles. The number of fused-ring (bicyclic) bond motifs is 3. The average molecular weight is 517 g/mol. The van der Waals surface area contributed by atoms with E-state index in [0.29, 0.717) is 41.9 Å². The molecule has 3 aliphatic rings. The lowest BCUT2D eigenvalue weighted by atomic mass is 9.66. The Morgan fingerprint density at radius 2 is 1.79 bits per heavy atom. The Kier molecular flexibility index (Phi) is 5.61. The van der Waals surface area contributed by atoms with Gasteiger partial charge in [-0.15, -0.1) is 0 Å². The monoisotopic (exact) mass is 516 g/mol. The minimum absolute atomic E-state index is 0.117. The van der Waals surface area contributed by atoms with E-state index in [4.69, 9.17) is 9.47 Å². The summed E-state index contributed by atoms with van der Waals surface area (Å²) < 4.78 is 11.5. The maximum Gasteiger partial charge on any atom is 0.356 e. The highest BCUT2D eigenvalue weighted by atomic mass is 16.6. The molecule has 0 spiro atoms. The molecule has 2 aliphatic heterocycles. The van der Waals surface area contributed by atoms with Crippen LogP contribution in [-0.2, 0) is 20.9 Å². The Balaban J connectivity index is 1.11. The first-order chi connectivity index (χ1) is 18.1. The molecule has 198 valence electrons. The second kappa shape index (κ2) is 8.66. The number of H-pyrrole nitrogens is 1. The molecule has 1 aliphatic carbocycles. The molecule has 1 N–H and O–H groups in total. The molecule has 2 atom stereocenters. The van der Waals surface area contributed by atoms with Crippen LogP contribution in [-0.4, -0.2) is 58.6 Å². The van der Waals surface area contributed by atoms with Crippen LogP contribution < -0.4 is 15.2 Å². The molecule has 2 saturated heterocycles. The number of nitrogens with zero attached hydrogens (tertiary/aromatic N) is 3. The highest BCUT2D eigenvalue weighted by Gasteiger charge is 2.76. The zero-order valence-electron chi connectivity index (χ0n) is 22.0. The van der Waals surface area contributed by atoms with E-state index in [1.54, 1.807) is 12.1 Å². The van der Waals surface area contributed by atoms with Crippen molar-refractivity contribution < 1.29 is 19.1 Å². The van der Waals surface area contributed by atoms with Gasteiger partial charge >= 0.3 is 11.9 Å². The van der Waals surface area contributed by atoms with E-state index in [0.717, 1.165) is 31.9 Å². The SMILES string of the molecule is CC12CC[C@@](C(=O)Oc3cccc(N4CCN(Cc5nc6ccccc6c(=O)[nH]5)CC4)c3)(OC1=O)C2(C)C. The van der Waals surface area contributed by atoms with Crippen LogP contribution in [0.3, 0.4) is 0 Å². The van der Waals surface area contributed by atoms with Crippen molar-refractivity contribution in [1.29, 1.82) is 0 Å². The molecule has 1 unspecified atom stereocenters. The number of nitrogens with one attached hydrogen (secondary N) is 1. The van der Waals surface area contributed by atoms with E-state index in [9.17, 15) is 14.4 Å². The van der Waals surface area contributed by atoms with Gasteiger partial charge in [-0.25, -0.2) is 9.78 Å². The van der Waals surface area contributed by atoms with Crippen molar-refractivity contribution in [3.05, 3.63) is 64.7 Å². The number of benzene rings is 2. The quantitative estimate of drug-likeness (QED) is 0.407. The summed E-state index contributed by atoms with van der Waals surface area (Å²) in [6.07, 6.45) is 1.08. The molecule has 2 bridgehead atoms. The second-order valence-corrected chi connectivity index (χ2v) is 11.4. The Morgan fingerprint density at radius 1 is 1.03 bits per heavy atom. The fraction of sp³-hybridized carbons (Fsp3) is 0.448. The van der Waals surface area contributed by atoms with Crippen LogP contribution in [0.15, 0.2) is 53.3 Å². The van der Waals surface area contributed by atoms with Gasteiger partial charge in [0.25, 0.3) is 5.56 Å². The van der Waals surface area contributed by atoms with Gasteiger partial charge in [0.05, 0.1) is 22.9 Å². The van der Waals surface area contributed by atoms with Gasteiger partial charge in [-0.05, 0) is 44.0 Å². The predicted octanol–water partition coefficient (Wildman–Crippen LogP) is 3.27. The van der Waals surface area contributed by atoms with Crippen molar-refractivity contribution in [3.8, 4) is 5.75 Å². The van der Waals surface area contributed by atoms with Crippen LogP contribution in [0.1, 0.15) is 39.4 Å². The fourth-order valence-electron chi connectivity index (χ4n) is 6.22. The van der Waals surface area contributed by atoms with Gasteiger partial charge in [-0.1, -0.05) is 32.0 Å². The largest absolute Gasteiger partial charge is 0.446 e. The Hall–Kier alpha value is -3.72. The van der Waals surface area contributed by atoms with E-state index in [2.05, 4.69) is 19.8 Å². The molecule has 1 saturated carbocycles. The topological polar surface area (TPSA) is 105 Å². The van der Waals surface area contributed by atoms with E-state index >= 15 is 0 Å². The molecule has 9 nitrogen and oxygen atoms in total. The van der Waals surface area contributed by atoms with Crippen LogP contribution in [0.4, 0.5) is 5.69 Å². The van der Waals surface area contributed by atoms with Crippen molar-refractivity contribution in [3.63, 3.8) is 0 Å². The van der Waals surface area contributed by atoms with E-state index in [-0.39, 0.29) is 11.5 Å². The minimum atomic E-state index is -1.25. The second-order valence-electron chi connectivity index (χ2n) is 11.4. The number of carbonyl (C=O) groups is 2. The van der Waals surface area contributed by atoms with Gasteiger partial charge in [0.2, 0.25) is 5.60 Å². The number of rotatable bonds is 5. The van der Waals surface area contributed by atoms with Crippen LogP contribution in [0.25, 0.3) is 10.9 Å². The maximum absolute atomic E-state index is 13.4. The van der Waals surface area contributed by atoms with Crippen LogP contribution in [0.5, 0.6) is 5.75 Å². The highest BCUT2D eigenvalue weighted by Crippen LogP contribution is 2.65. The van der Waals surface area contributed by atoms with Gasteiger partial charge in [0, 0.05) is 43.3 Å². The zero-order chi connectivity index (χ0) is 26.7. The predicted molar refractivity (Wildman–Crippen MR) is 142 cm³/mol. The standard InChI is InChI=1S/C29H32N4O5/c1-27(2)28(3)11-12-29(27,38-25(28)35)26(36)37-20-8-6-7-19(17-20)33-15-13-32(14-16-33)18-23-30-22-10-5-4-9-21(22)24(34)31-23/h4-10,17H,11-16,18H2,1-3H3,(H,30,31,34)/t28?,29-/m0/s1. The molecule has 3 fully saturated rings. The van der Waals surface area contributed by atoms with Gasteiger partial charge in [0.1, 0.15) is 11.6 Å². The lowest BCUT2D eigenvalue weighted by Crippen LogP contribution is -2.50. The smallest absolute Gasteiger partial charge is 0.356 e. The fourth-order valence-corrected chi connectivity index (χ4v) is 6.22. The first-order valence-electron chi connectivity index (χ1n) is 13.1. The number of hydrogen-bond donors (Lipinski definition) is 1. The number of piperazine rings is 1. The van der Waals surface area contributed by atoms with Crippen molar-refractivity contribution in [2.45, 2.75) is 45.8 Å². The van der Waals surface area contributed by atoms with E-state index in [1.165, 1.54) is 0 Å². The molecule has 0 amide bonds. The summed E-state index contributed by atoms with van der Waals surface area (Å²) in [7, 11) is 0. The van der Waals surface area contributed by atoms with Crippen LogP contribution >= 0.6 is 0 Å². The summed E-state index contributed by atoms with van der Waals surface area (Å²) in [6.45, 7) is 9.45. The summed E-state index contributed by atoms with van der Waals surface area (Å²) in [4.78, 5) is 50.3. The third-order valence-electron chi connectivity index (χ3n) is 9.21. The van der Waals surface area contributed by atoms with Crippen molar-refractivity contribution in [2.24, 2.45) is 10.8 Å². The first kappa shape index (κ1) is 24.6. The molecule has 3 heterocycles. The number of hydrogen-bond acceptors (Lipinski definition) is 8. The van der Waals surface area contributed by atoms with Crippen molar-refractivity contribution in [2.75, 3.05) is 31.1 Å². The lowest BCUT2D eigenvalue weighted by Gasteiger charge is -2.36. The molecule has 6 rings (SSSR count). The van der Waals surface area contributed by atoms with Crippen molar-refractivity contribution >= 4 is 28.5 Å².